The van der Waals surface area contributed by atoms with E-state index in [1.165, 1.54) is 14.2 Å². The van der Waals surface area contributed by atoms with Gasteiger partial charge in [-0.1, -0.05) is 6.08 Å². The fourth-order valence-electron chi connectivity index (χ4n) is 1.48. The van der Waals surface area contributed by atoms with Crippen LogP contribution in [0.2, 0.25) is 0 Å². The van der Waals surface area contributed by atoms with Gasteiger partial charge in [-0.05, 0) is 13.3 Å². The Morgan fingerprint density at radius 1 is 1.29 bits per heavy atom. The van der Waals surface area contributed by atoms with Crippen LogP contribution in [0, 0.1) is 5.92 Å². The fourth-order valence-corrected chi connectivity index (χ4v) is 1.48. The molecule has 0 aromatic rings. The third-order valence-electron chi connectivity index (χ3n) is 2.25. The lowest BCUT2D eigenvalue weighted by molar-refractivity contribution is -0.160. The summed E-state index contributed by atoms with van der Waals surface area (Å²) in [6.45, 7) is 5.52. The summed E-state index contributed by atoms with van der Waals surface area (Å²) in [5, 5.41) is 0. The number of hydrogen-bond donors (Lipinski definition) is 0. The monoisotopic (exact) mass is 244 g/mol. The van der Waals surface area contributed by atoms with E-state index in [2.05, 4.69) is 6.58 Å². The number of hydrogen-bond acceptors (Lipinski definition) is 5. The van der Waals surface area contributed by atoms with Crippen LogP contribution in [0.3, 0.4) is 0 Å². The number of allylic oxidation sites excluding steroid dienone is 1. The zero-order valence-corrected chi connectivity index (χ0v) is 10.6. The maximum absolute atomic E-state index is 11.9. The van der Waals surface area contributed by atoms with Gasteiger partial charge in [0.15, 0.2) is 12.1 Å². The predicted octanol–water partition coefficient (Wildman–Crippen LogP) is 1.32. The largest absolute Gasteiger partial charge is 0.466 e. The van der Waals surface area contributed by atoms with Crippen LogP contribution >= 0.6 is 0 Å². The van der Waals surface area contributed by atoms with Crippen molar-refractivity contribution in [1.29, 1.82) is 0 Å². The highest BCUT2D eigenvalue weighted by atomic mass is 16.7. The van der Waals surface area contributed by atoms with Crippen LogP contribution in [0.1, 0.15) is 19.8 Å². The van der Waals surface area contributed by atoms with E-state index >= 15 is 0 Å². The van der Waals surface area contributed by atoms with Crippen molar-refractivity contribution in [2.75, 3.05) is 20.8 Å². The molecule has 0 aliphatic carbocycles. The van der Waals surface area contributed by atoms with Crippen molar-refractivity contribution < 1.29 is 23.8 Å². The molecule has 0 aliphatic rings. The molecular formula is C12H20O5. The molecule has 0 heterocycles. The molecule has 0 rings (SSSR count). The molecule has 0 aliphatic heterocycles. The van der Waals surface area contributed by atoms with Crippen LogP contribution in [0.5, 0.6) is 0 Å². The van der Waals surface area contributed by atoms with Crippen molar-refractivity contribution in [2.45, 2.75) is 26.1 Å². The summed E-state index contributed by atoms with van der Waals surface area (Å²) in [6.07, 6.45) is 1.05. The van der Waals surface area contributed by atoms with E-state index in [9.17, 15) is 9.59 Å². The minimum Gasteiger partial charge on any atom is -0.466 e. The van der Waals surface area contributed by atoms with Crippen molar-refractivity contribution in [3.05, 3.63) is 12.7 Å². The molecule has 0 spiro atoms. The first-order valence-corrected chi connectivity index (χ1v) is 5.45. The lowest BCUT2D eigenvalue weighted by Crippen LogP contribution is -2.32. The molecule has 0 saturated heterocycles. The average molecular weight is 244 g/mol. The molecule has 5 heteroatoms. The first-order chi connectivity index (χ1) is 8.10. The maximum Gasteiger partial charge on any atom is 0.313 e. The Morgan fingerprint density at radius 2 is 1.88 bits per heavy atom. The number of methoxy groups -OCH3 is 2. The first-order valence-electron chi connectivity index (χ1n) is 5.45. The van der Waals surface area contributed by atoms with Crippen LogP contribution in [0.25, 0.3) is 0 Å². The lowest BCUT2D eigenvalue weighted by Gasteiger charge is -2.22. The van der Waals surface area contributed by atoms with Crippen LogP contribution in [0.4, 0.5) is 0 Å². The van der Waals surface area contributed by atoms with Gasteiger partial charge in [-0.15, -0.1) is 6.58 Å². The van der Waals surface area contributed by atoms with E-state index in [0.29, 0.717) is 6.42 Å². The second-order valence-corrected chi connectivity index (χ2v) is 3.42. The Labute approximate surface area is 102 Å². The number of ketones is 1. The highest BCUT2D eigenvalue weighted by Gasteiger charge is 2.28. The van der Waals surface area contributed by atoms with Crippen LogP contribution < -0.4 is 0 Å². The second kappa shape index (κ2) is 8.90. The Balaban J connectivity index is 4.52. The van der Waals surface area contributed by atoms with Crippen LogP contribution in [0.15, 0.2) is 12.7 Å². The summed E-state index contributed by atoms with van der Waals surface area (Å²) in [7, 11) is 2.89. The predicted molar refractivity (Wildman–Crippen MR) is 62.4 cm³/mol. The third kappa shape index (κ3) is 5.60. The van der Waals surface area contributed by atoms with Crippen molar-refractivity contribution in [3.8, 4) is 0 Å². The standard InChI is InChI=1S/C12H20O5/c1-5-7-9(12(15-3)16-4)10(13)8-11(14)17-6-2/h5,9,12H,1,6-8H2,2-4H3/t9-/m1/s1. The van der Waals surface area contributed by atoms with Gasteiger partial charge in [-0.2, -0.15) is 0 Å². The van der Waals surface area contributed by atoms with E-state index in [4.69, 9.17) is 14.2 Å². The Kier molecular flexibility index (Phi) is 8.27. The van der Waals surface area contributed by atoms with E-state index in [1.54, 1.807) is 13.0 Å². The summed E-state index contributed by atoms with van der Waals surface area (Å²) in [4.78, 5) is 23.1. The molecule has 0 aromatic carbocycles. The molecule has 0 N–H and O–H groups in total. The van der Waals surface area contributed by atoms with Gasteiger partial charge in [0.2, 0.25) is 0 Å². The highest BCUT2D eigenvalue weighted by Crippen LogP contribution is 2.16. The molecule has 17 heavy (non-hydrogen) atoms. The van der Waals surface area contributed by atoms with Gasteiger partial charge in [-0.3, -0.25) is 9.59 Å². The number of esters is 1. The molecule has 0 bridgehead atoms. The third-order valence-corrected chi connectivity index (χ3v) is 2.25. The quantitative estimate of drug-likeness (QED) is 0.265. The Hall–Kier alpha value is -1.20. The van der Waals surface area contributed by atoms with Gasteiger partial charge in [0, 0.05) is 14.2 Å². The van der Waals surface area contributed by atoms with Crippen molar-refractivity contribution in [1.82, 2.24) is 0 Å². The van der Waals surface area contributed by atoms with Gasteiger partial charge < -0.3 is 14.2 Å². The lowest BCUT2D eigenvalue weighted by atomic mass is 9.97. The molecule has 0 aromatic heterocycles. The van der Waals surface area contributed by atoms with Gasteiger partial charge >= 0.3 is 5.97 Å². The topological polar surface area (TPSA) is 61.8 Å². The smallest absolute Gasteiger partial charge is 0.313 e. The zero-order valence-electron chi connectivity index (χ0n) is 10.6. The highest BCUT2D eigenvalue weighted by molar-refractivity contribution is 5.97. The number of Topliss-reactive ketones (excluding diaryl/α,β-unsaturated/α-hetero) is 1. The minimum absolute atomic E-state index is 0.260. The van der Waals surface area contributed by atoms with Gasteiger partial charge in [0.1, 0.15) is 6.42 Å². The van der Waals surface area contributed by atoms with Gasteiger partial charge in [0.25, 0.3) is 0 Å². The molecule has 0 amide bonds. The molecule has 1 atom stereocenters. The SMILES string of the molecule is C=CC[C@H](C(=O)CC(=O)OCC)C(OC)OC. The summed E-state index contributed by atoms with van der Waals surface area (Å²) in [5.41, 5.74) is 0. The van der Waals surface area contributed by atoms with E-state index in [0.717, 1.165) is 0 Å². The van der Waals surface area contributed by atoms with Gasteiger partial charge in [0.05, 0.1) is 12.5 Å². The second-order valence-electron chi connectivity index (χ2n) is 3.42. The molecule has 0 saturated carbocycles. The molecule has 5 nitrogen and oxygen atoms in total. The minimum atomic E-state index is -0.671. The number of carbonyl (C=O) groups is 2. The van der Waals surface area contributed by atoms with E-state index < -0.39 is 18.2 Å². The molecule has 0 unspecified atom stereocenters. The van der Waals surface area contributed by atoms with Crippen molar-refractivity contribution >= 4 is 11.8 Å². The Bertz CT molecular complexity index is 258. The number of rotatable bonds is 9. The number of ether oxygens (including phenoxy) is 3. The van der Waals surface area contributed by atoms with E-state index in [1.807, 2.05) is 0 Å². The normalized spacial score (nSPS) is 12.2. The average Bonchev–Trinajstić information content (AvgIpc) is 2.29. The summed E-state index contributed by atoms with van der Waals surface area (Å²) >= 11 is 0. The maximum atomic E-state index is 11.9. The summed E-state index contributed by atoms with van der Waals surface area (Å²) < 4.78 is 14.8. The van der Waals surface area contributed by atoms with Crippen LogP contribution in [-0.4, -0.2) is 38.9 Å². The van der Waals surface area contributed by atoms with E-state index in [-0.39, 0.29) is 18.8 Å². The first kappa shape index (κ1) is 15.8. The van der Waals surface area contributed by atoms with Gasteiger partial charge in [-0.25, -0.2) is 0 Å². The molecule has 0 radical (unpaired) electrons. The van der Waals surface area contributed by atoms with Crippen molar-refractivity contribution in [3.63, 3.8) is 0 Å². The van der Waals surface area contributed by atoms with Crippen LogP contribution in [-0.2, 0) is 23.8 Å². The summed E-state index contributed by atoms with van der Waals surface area (Å²) in [5.74, 6) is -1.33. The fraction of sp³-hybridized carbons (Fsp3) is 0.667. The Morgan fingerprint density at radius 3 is 2.29 bits per heavy atom. The zero-order chi connectivity index (χ0) is 13.3. The molecule has 0 fully saturated rings. The summed E-state index contributed by atoms with van der Waals surface area (Å²) in [6, 6.07) is 0. The van der Waals surface area contributed by atoms with Crippen molar-refractivity contribution in [2.24, 2.45) is 5.92 Å². The molecular weight excluding hydrogens is 224 g/mol. The molecule has 98 valence electrons. The number of carbonyl (C=O) groups excluding carboxylic acids is 2.